The third kappa shape index (κ3) is 3.43. The van der Waals surface area contributed by atoms with E-state index < -0.39 is 0 Å². The second kappa shape index (κ2) is 8.45. The summed E-state index contributed by atoms with van der Waals surface area (Å²) < 4.78 is 6.25. The Morgan fingerprint density at radius 2 is 1.05 bits per heavy atom. The largest absolute Gasteiger partial charge is 0.456 e. The van der Waals surface area contributed by atoms with Gasteiger partial charge in [-0.15, -0.1) is 0 Å². The molecule has 2 aromatic heterocycles. The van der Waals surface area contributed by atoms with Gasteiger partial charge in [0.1, 0.15) is 11.2 Å². The highest BCUT2D eigenvalue weighted by atomic mass is 16.3. The average molecular weight is 516 g/mol. The van der Waals surface area contributed by atoms with Gasteiger partial charge in [0.15, 0.2) is 17.5 Å². The van der Waals surface area contributed by atoms with Gasteiger partial charge < -0.3 is 4.42 Å². The van der Waals surface area contributed by atoms with Gasteiger partial charge in [0.2, 0.25) is 0 Å². The molecule has 4 heteroatoms. The Morgan fingerprint density at radius 1 is 0.475 bits per heavy atom. The van der Waals surface area contributed by atoms with Crippen LogP contribution in [-0.4, -0.2) is 15.0 Å². The van der Waals surface area contributed by atoms with Crippen LogP contribution in [-0.2, 0) is 5.41 Å². The highest BCUT2D eigenvalue weighted by molar-refractivity contribution is 6.07. The summed E-state index contributed by atoms with van der Waals surface area (Å²) in [5.41, 5.74) is 9.60. The molecule has 190 valence electrons. The van der Waals surface area contributed by atoms with E-state index in [4.69, 9.17) is 19.4 Å². The van der Waals surface area contributed by atoms with Crippen molar-refractivity contribution in [2.75, 3.05) is 0 Å². The second-order valence-corrected chi connectivity index (χ2v) is 10.9. The normalized spacial score (nSPS) is 13.4. The molecule has 0 unspecified atom stereocenters. The maximum absolute atomic E-state index is 6.25. The Bertz CT molecular complexity index is 2020. The van der Waals surface area contributed by atoms with E-state index in [1.807, 2.05) is 72.8 Å². The van der Waals surface area contributed by atoms with Gasteiger partial charge >= 0.3 is 0 Å². The topological polar surface area (TPSA) is 51.8 Å². The zero-order chi connectivity index (χ0) is 26.8. The molecule has 0 spiro atoms. The lowest BCUT2D eigenvalue weighted by atomic mass is 9.82. The van der Waals surface area contributed by atoms with Crippen LogP contribution in [0.15, 0.2) is 120 Å². The van der Waals surface area contributed by atoms with E-state index >= 15 is 0 Å². The molecule has 0 fully saturated rings. The van der Waals surface area contributed by atoms with Crippen LogP contribution < -0.4 is 0 Å². The molecular weight excluding hydrogens is 490 g/mol. The summed E-state index contributed by atoms with van der Waals surface area (Å²) in [6, 6.07) is 39.6. The fourth-order valence-electron chi connectivity index (χ4n) is 6.03. The number of hydrogen-bond donors (Lipinski definition) is 0. The molecule has 0 saturated carbocycles. The Kier molecular flexibility index (Phi) is 4.83. The third-order valence-corrected chi connectivity index (χ3v) is 8.13. The van der Waals surface area contributed by atoms with Gasteiger partial charge in [-0.1, -0.05) is 105 Å². The molecule has 0 N–H and O–H groups in total. The van der Waals surface area contributed by atoms with Gasteiger partial charge in [-0.3, -0.25) is 0 Å². The van der Waals surface area contributed by atoms with E-state index in [0.717, 1.165) is 38.6 Å². The van der Waals surface area contributed by atoms with Crippen molar-refractivity contribution >= 4 is 21.9 Å². The van der Waals surface area contributed by atoms with Crippen LogP contribution in [0.1, 0.15) is 25.0 Å². The molecule has 5 aromatic carbocycles. The molecule has 0 amide bonds. The van der Waals surface area contributed by atoms with Crippen LogP contribution in [0.4, 0.5) is 0 Å². The van der Waals surface area contributed by atoms with Crippen LogP contribution in [0.25, 0.3) is 67.2 Å². The van der Waals surface area contributed by atoms with Crippen molar-refractivity contribution in [1.29, 1.82) is 0 Å². The van der Waals surface area contributed by atoms with Crippen LogP contribution in [0, 0.1) is 0 Å². The summed E-state index contributed by atoms with van der Waals surface area (Å²) >= 11 is 0. The molecule has 40 heavy (non-hydrogen) atoms. The average Bonchev–Trinajstić information content (AvgIpc) is 3.48. The van der Waals surface area contributed by atoms with E-state index in [0.29, 0.717) is 17.5 Å². The Hall–Kier alpha value is -5.09. The lowest BCUT2D eigenvalue weighted by Crippen LogP contribution is -2.15. The third-order valence-electron chi connectivity index (χ3n) is 8.13. The van der Waals surface area contributed by atoms with Gasteiger partial charge in [0.25, 0.3) is 0 Å². The van der Waals surface area contributed by atoms with Crippen LogP contribution >= 0.6 is 0 Å². The molecule has 4 nitrogen and oxygen atoms in total. The van der Waals surface area contributed by atoms with Crippen molar-refractivity contribution in [2.45, 2.75) is 19.3 Å². The molecule has 0 bridgehead atoms. The zero-order valence-corrected chi connectivity index (χ0v) is 22.2. The molecule has 8 rings (SSSR count). The monoisotopic (exact) mass is 515 g/mol. The van der Waals surface area contributed by atoms with Gasteiger partial charge in [0.05, 0.1) is 0 Å². The minimum absolute atomic E-state index is 0.203. The molecule has 1 aliphatic rings. The van der Waals surface area contributed by atoms with E-state index in [-0.39, 0.29) is 5.41 Å². The van der Waals surface area contributed by atoms with Crippen molar-refractivity contribution in [2.24, 2.45) is 0 Å². The first kappa shape index (κ1) is 22.9. The number of rotatable bonds is 3. The first-order chi connectivity index (χ1) is 19.6. The van der Waals surface area contributed by atoms with Crippen molar-refractivity contribution < 1.29 is 4.42 Å². The van der Waals surface area contributed by atoms with E-state index in [2.05, 4.69) is 56.3 Å². The number of fused-ring (bicyclic) bond motifs is 6. The van der Waals surface area contributed by atoms with Crippen molar-refractivity contribution in [1.82, 2.24) is 15.0 Å². The summed E-state index contributed by atoms with van der Waals surface area (Å²) in [5, 5.41) is 2.30. The van der Waals surface area contributed by atoms with Gasteiger partial charge in [-0.2, -0.15) is 0 Å². The highest BCUT2D eigenvalue weighted by Crippen LogP contribution is 2.51. The smallest absolute Gasteiger partial charge is 0.164 e. The van der Waals surface area contributed by atoms with Gasteiger partial charge in [-0.05, 0) is 46.5 Å². The molecule has 0 radical (unpaired) electrons. The number of para-hydroxylation sites is 1. The SMILES string of the molecule is CC1(C)c2cc(-c3nc(-c4ccccc4)nc(-c4ccccc4)n3)ccc2-c2cc3c(cc21)oc1ccccc13. The number of nitrogens with zero attached hydrogens (tertiary/aromatic N) is 3. The summed E-state index contributed by atoms with van der Waals surface area (Å²) in [4.78, 5) is 14.8. The van der Waals surface area contributed by atoms with Crippen LogP contribution in [0.2, 0.25) is 0 Å². The number of furan rings is 1. The summed E-state index contributed by atoms with van der Waals surface area (Å²) in [7, 11) is 0. The van der Waals surface area contributed by atoms with Crippen molar-refractivity contribution in [3.8, 4) is 45.3 Å². The first-order valence-corrected chi connectivity index (χ1v) is 13.5. The Balaban J connectivity index is 1.31. The Morgan fingerprint density at radius 3 is 1.73 bits per heavy atom. The fraction of sp³-hybridized carbons (Fsp3) is 0.0833. The fourth-order valence-corrected chi connectivity index (χ4v) is 6.03. The van der Waals surface area contributed by atoms with E-state index in [1.165, 1.54) is 22.3 Å². The maximum Gasteiger partial charge on any atom is 0.164 e. The number of benzene rings is 5. The predicted molar refractivity (Wildman–Crippen MR) is 161 cm³/mol. The quantitative estimate of drug-likeness (QED) is 0.235. The molecule has 0 atom stereocenters. The Labute approximate surface area is 232 Å². The molecule has 7 aromatic rings. The molecule has 2 heterocycles. The lowest BCUT2D eigenvalue weighted by molar-refractivity contribution is 0.647. The summed E-state index contributed by atoms with van der Waals surface area (Å²) in [6.07, 6.45) is 0. The highest BCUT2D eigenvalue weighted by Gasteiger charge is 2.36. The minimum atomic E-state index is -0.203. The molecule has 1 aliphatic carbocycles. The first-order valence-electron chi connectivity index (χ1n) is 13.5. The van der Waals surface area contributed by atoms with Crippen molar-refractivity contribution in [3.63, 3.8) is 0 Å². The summed E-state index contributed by atoms with van der Waals surface area (Å²) in [5.74, 6) is 2.00. The molecule has 0 saturated heterocycles. The number of hydrogen-bond acceptors (Lipinski definition) is 4. The van der Waals surface area contributed by atoms with Gasteiger partial charge in [0, 0.05) is 32.9 Å². The predicted octanol–water partition coefficient (Wildman–Crippen LogP) is 9.08. The standard InChI is InChI=1S/C36H25N3O/c1-36(2)29-19-24(17-18-25(29)27-20-28-26-15-9-10-16-31(26)40-32(28)21-30(27)36)35-38-33(22-11-5-3-6-12-22)37-34(39-35)23-13-7-4-8-14-23/h3-21H,1-2H3. The van der Waals surface area contributed by atoms with E-state index in [1.54, 1.807) is 0 Å². The maximum atomic E-state index is 6.25. The number of aromatic nitrogens is 3. The van der Waals surface area contributed by atoms with Gasteiger partial charge in [-0.25, -0.2) is 15.0 Å². The van der Waals surface area contributed by atoms with Crippen molar-refractivity contribution in [3.05, 3.63) is 126 Å². The van der Waals surface area contributed by atoms with Crippen LogP contribution in [0.5, 0.6) is 0 Å². The minimum Gasteiger partial charge on any atom is -0.456 e. The second-order valence-electron chi connectivity index (χ2n) is 10.9. The molecule has 0 aliphatic heterocycles. The van der Waals surface area contributed by atoms with E-state index in [9.17, 15) is 0 Å². The summed E-state index contributed by atoms with van der Waals surface area (Å²) in [6.45, 7) is 4.57. The molecular formula is C36H25N3O. The zero-order valence-electron chi connectivity index (χ0n) is 22.2. The lowest BCUT2D eigenvalue weighted by Gasteiger charge is -2.22. The van der Waals surface area contributed by atoms with Crippen LogP contribution in [0.3, 0.4) is 0 Å².